The maximum absolute atomic E-state index is 5.43. The Morgan fingerprint density at radius 2 is 2.05 bits per heavy atom. The van der Waals surface area contributed by atoms with Crippen LogP contribution >= 0.6 is 0 Å². The molecule has 2 aliphatic heterocycles. The molecule has 2 heterocycles. The third kappa shape index (κ3) is 3.58. The van der Waals surface area contributed by atoms with E-state index in [1.165, 1.54) is 56.4 Å². The van der Waals surface area contributed by atoms with Crippen molar-refractivity contribution in [3.63, 3.8) is 0 Å². The van der Waals surface area contributed by atoms with Crippen LogP contribution in [0.4, 0.5) is 0 Å². The van der Waals surface area contributed by atoms with Crippen molar-refractivity contribution in [1.82, 2.24) is 10.2 Å². The summed E-state index contributed by atoms with van der Waals surface area (Å²) in [4.78, 5) is 2.59. The molecule has 3 nitrogen and oxygen atoms in total. The molecule has 2 saturated heterocycles. The minimum absolute atomic E-state index is 0.798. The number of hydrogen-bond donors (Lipinski definition) is 1. The Morgan fingerprint density at radius 1 is 1.24 bits per heavy atom. The van der Waals surface area contributed by atoms with Gasteiger partial charge in [0, 0.05) is 12.6 Å². The van der Waals surface area contributed by atoms with Gasteiger partial charge < -0.3 is 10.1 Å². The van der Waals surface area contributed by atoms with Gasteiger partial charge in [-0.1, -0.05) is 12.1 Å². The van der Waals surface area contributed by atoms with Crippen LogP contribution in [0.15, 0.2) is 18.2 Å². The summed E-state index contributed by atoms with van der Waals surface area (Å²) >= 11 is 0. The summed E-state index contributed by atoms with van der Waals surface area (Å²) in [5.74, 6) is 1.91. The van der Waals surface area contributed by atoms with Gasteiger partial charge >= 0.3 is 0 Å². The molecule has 0 spiro atoms. The first-order chi connectivity index (χ1) is 10.3. The van der Waals surface area contributed by atoms with Crippen LogP contribution in [0.2, 0.25) is 0 Å². The number of likely N-dealkylation sites (tertiary alicyclic amines) is 1. The highest BCUT2D eigenvalue weighted by atomic mass is 16.5. The van der Waals surface area contributed by atoms with Gasteiger partial charge in [0.15, 0.2) is 0 Å². The molecule has 21 heavy (non-hydrogen) atoms. The number of hydrogen-bond acceptors (Lipinski definition) is 3. The predicted octanol–water partition coefficient (Wildman–Crippen LogP) is 2.97. The van der Waals surface area contributed by atoms with Crippen LogP contribution in [-0.2, 0) is 6.54 Å². The Bertz CT molecular complexity index is 460. The molecular weight excluding hydrogens is 260 g/mol. The van der Waals surface area contributed by atoms with E-state index < -0.39 is 0 Å². The third-order valence-electron chi connectivity index (χ3n) is 5.18. The SMILES string of the molecule is COc1cc(CN2CCC(C3CCCN3)CC2)ccc1C. The Kier molecular flexibility index (Phi) is 4.81. The van der Waals surface area contributed by atoms with E-state index >= 15 is 0 Å². The van der Waals surface area contributed by atoms with Crippen LogP contribution in [0, 0.1) is 12.8 Å². The molecule has 0 aliphatic carbocycles. The van der Waals surface area contributed by atoms with Gasteiger partial charge in [-0.15, -0.1) is 0 Å². The molecule has 0 saturated carbocycles. The second-order valence-electron chi connectivity index (χ2n) is 6.62. The van der Waals surface area contributed by atoms with Gasteiger partial charge in [-0.2, -0.15) is 0 Å². The average molecular weight is 288 g/mol. The molecule has 0 bridgehead atoms. The minimum atomic E-state index is 0.798. The lowest BCUT2D eigenvalue weighted by Crippen LogP contribution is -2.40. The molecule has 116 valence electrons. The van der Waals surface area contributed by atoms with Crippen LogP contribution in [0.25, 0.3) is 0 Å². The van der Waals surface area contributed by atoms with Crippen LogP contribution in [0.3, 0.4) is 0 Å². The summed E-state index contributed by atoms with van der Waals surface area (Å²) in [6.45, 7) is 6.86. The summed E-state index contributed by atoms with van der Waals surface area (Å²) in [5.41, 5.74) is 2.59. The van der Waals surface area contributed by atoms with Crippen molar-refractivity contribution in [3.05, 3.63) is 29.3 Å². The van der Waals surface area contributed by atoms with Crippen molar-refractivity contribution in [2.45, 2.75) is 45.2 Å². The Morgan fingerprint density at radius 3 is 2.71 bits per heavy atom. The number of nitrogens with zero attached hydrogens (tertiary/aromatic N) is 1. The fourth-order valence-electron chi connectivity index (χ4n) is 3.85. The number of rotatable bonds is 4. The third-order valence-corrected chi connectivity index (χ3v) is 5.18. The van der Waals surface area contributed by atoms with Gasteiger partial charge in [-0.3, -0.25) is 4.90 Å². The summed E-state index contributed by atoms with van der Waals surface area (Å²) in [7, 11) is 1.76. The minimum Gasteiger partial charge on any atom is -0.496 e. The number of benzene rings is 1. The Balaban J connectivity index is 1.53. The fraction of sp³-hybridized carbons (Fsp3) is 0.667. The highest BCUT2D eigenvalue weighted by molar-refractivity contribution is 5.36. The normalized spacial score (nSPS) is 24.4. The predicted molar refractivity (Wildman–Crippen MR) is 86.8 cm³/mol. The van der Waals surface area contributed by atoms with Gasteiger partial charge in [-0.25, -0.2) is 0 Å². The van der Waals surface area contributed by atoms with E-state index in [9.17, 15) is 0 Å². The lowest BCUT2D eigenvalue weighted by Gasteiger charge is -2.35. The zero-order chi connectivity index (χ0) is 14.7. The maximum Gasteiger partial charge on any atom is 0.122 e. The monoisotopic (exact) mass is 288 g/mol. The molecule has 2 aliphatic rings. The lowest BCUT2D eigenvalue weighted by molar-refractivity contribution is 0.157. The van der Waals surface area contributed by atoms with Crippen LogP contribution < -0.4 is 10.1 Å². The topological polar surface area (TPSA) is 24.5 Å². The Labute approximate surface area is 128 Å². The molecule has 3 heteroatoms. The van der Waals surface area contributed by atoms with Crippen molar-refractivity contribution in [3.8, 4) is 5.75 Å². The van der Waals surface area contributed by atoms with E-state index in [2.05, 4.69) is 35.3 Å². The van der Waals surface area contributed by atoms with Crippen LogP contribution in [0.1, 0.15) is 36.8 Å². The lowest BCUT2D eigenvalue weighted by atomic mass is 9.88. The molecule has 1 aromatic rings. The molecule has 1 unspecified atom stereocenters. The largest absolute Gasteiger partial charge is 0.496 e. The standard InChI is InChI=1S/C18H28N2O/c1-14-5-6-15(12-18(14)21-2)13-20-10-7-16(8-11-20)17-4-3-9-19-17/h5-6,12,16-17,19H,3-4,7-11,13H2,1-2H3. The zero-order valence-corrected chi connectivity index (χ0v) is 13.4. The summed E-state index contributed by atoms with van der Waals surface area (Å²) in [6.07, 6.45) is 5.45. The molecule has 2 fully saturated rings. The number of nitrogens with one attached hydrogen (secondary N) is 1. The Hall–Kier alpha value is -1.06. The van der Waals surface area contributed by atoms with Gasteiger partial charge in [0.2, 0.25) is 0 Å². The number of piperidine rings is 1. The second kappa shape index (κ2) is 6.80. The smallest absolute Gasteiger partial charge is 0.122 e. The van der Waals surface area contributed by atoms with E-state index in [1.807, 2.05) is 0 Å². The fourth-order valence-corrected chi connectivity index (χ4v) is 3.85. The van der Waals surface area contributed by atoms with Gasteiger partial charge in [0.25, 0.3) is 0 Å². The van der Waals surface area contributed by atoms with Gasteiger partial charge in [0.05, 0.1) is 7.11 Å². The second-order valence-corrected chi connectivity index (χ2v) is 6.62. The first kappa shape index (κ1) is 14.9. The molecule has 1 N–H and O–H groups in total. The molecular formula is C18H28N2O. The van der Waals surface area contributed by atoms with E-state index in [1.54, 1.807) is 7.11 Å². The molecule has 0 amide bonds. The molecule has 1 atom stereocenters. The van der Waals surface area contributed by atoms with E-state index in [0.29, 0.717) is 0 Å². The van der Waals surface area contributed by atoms with Crippen molar-refractivity contribution >= 4 is 0 Å². The van der Waals surface area contributed by atoms with Crippen molar-refractivity contribution in [1.29, 1.82) is 0 Å². The van der Waals surface area contributed by atoms with Gasteiger partial charge in [0.1, 0.15) is 5.75 Å². The quantitative estimate of drug-likeness (QED) is 0.922. The number of ether oxygens (including phenoxy) is 1. The van der Waals surface area contributed by atoms with E-state index in [-0.39, 0.29) is 0 Å². The number of aryl methyl sites for hydroxylation is 1. The van der Waals surface area contributed by atoms with Crippen LogP contribution in [0.5, 0.6) is 5.75 Å². The maximum atomic E-state index is 5.43. The molecule has 3 rings (SSSR count). The van der Waals surface area contributed by atoms with Crippen molar-refractivity contribution in [2.75, 3.05) is 26.7 Å². The van der Waals surface area contributed by atoms with Gasteiger partial charge in [-0.05, 0) is 75.4 Å². The van der Waals surface area contributed by atoms with E-state index in [4.69, 9.17) is 4.74 Å². The summed E-state index contributed by atoms with van der Waals surface area (Å²) in [5, 5.41) is 3.68. The zero-order valence-electron chi connectivity index (χ0n) is 13.4. The van der Waals surface area contributed by atoms with Crippen molar-refractivity contribution < 1.29 is 4.74 Å². The average Bonchev–Trinajstić information content (AvgIpc) is 3.04. The van der Waals surface area contributed by atoms with E-state index in [0.717, 1.165) is 24.3 Å². The first-order valence-electron chi connectivity index (χ1n) is 8.35. The van der Waals surface area contributed by atoms with Crippen molar-refractivity contribution in [2.24, 2.45) is 5.92 Å². The first-order valence-corrected chi connectivity index (χ1v) is 8.35. The molecule has 0 radical (unpaired) electrons. The highest BCUT2D eigenvalue weighted by Crippen LogP contribution is 2.27. The summed E-state index contributed by atoms with van der Waals surface area (Å²) < 4.78 is 5.43. The highest BCUT2D eigenvalue weighted by Gasteiger charge is 2.28. The summed E-state index contributed by atoms with van der Waals surface area (Å²) in [6, 6.07) is 7.40. The van der Waals surface area contributed by atoms with Crippen LogP contribution in [-0.4, -0.2) is 37.7 Å². The molecule has 1 aromatic carbocycles. The number of methoxy groups -OCH3 is 1. The molecule has 0 aromatic heterocycles.